The summed E-state index contributed by atoms with van der Waals surface area (Å²) < 4.78 is 21.8. The summed E-state index contributed by atoms with van der Waals surface area (Å²) in [5.74, 6) is 0.416. The van der Waals surface area contributed by atoms with Gasteiger partial charge in [-0.25, -0.2) is 4.79 Å². The molecule has 17 heavy (non-hydrogen) atoms. The summed E-state index contributed by atoms with van der Waals surface area (Å²) in [6.45, 7) is 9.56. The zero-order valence-electron chi connectivity index (χ0n) is 11.3. The van der Waals surface area contributed by atoms with Crippen molar-refractivity contribution >= 4 is 13.8 Å². The number of hydrogen-bond acceptors (Lipinski definition) is 4. The second-order valence-corrected chi connectivity index (χ2v) is 6.64. The maximum absolute atomic E-state index is 11.5. The Balaban J connectivity index is 3.54. The van der Waals surface area contributed by atoms with Crippen molar-refractivity contribution in [2.24, 2.45) is 11.8 Å². The first kappa shape index (κ1) is 16.5. The minimum Gasteiger partial charge on any atom is -0.462 e. The van der Waals surface area contributed by atoms with E-state index in [0.29, 0.717) is 37.8 Å². The first-order valence-corrected chi connectivity index (χ1v) is 7.70. The van der Waals surface area contributed by atoms with Gasteiger partial charge in [0.25, 0.3) is 0 Å². The third-order valence-electron chi connectivity index (χ3n) is 1.82. The van der Waals surface area contributed by atoms with Crippen molar-refractivity contribution < 1.29 is 18.8 Å². The highest BCUT2D eigenvalue weighted by Crippen LogP contribution is 2.19. The van der Waals surface area contributed by atoms with Crippen LogP contribution in [0.15, 0.2) is 0 Å². The predicted molar refractivity (Wildman–Crippen MR) is 68.8 cm³/mol. The molecule has 0 aromatic carbocycles. The van der Waals surface area contributed by atoms with Gasteiger partial charge in [-0.05, 0) is 11.8 Å². The molecule has 0 aliphatic heterocycles. The predicted octanol–water partition coefficient (Wildman–Crippen LogP) is 2.69. The van der Waals surface area contributed by atoms with E-state index >= 15 is 0 Å². The zero-order chi connectivity index (χ0) is 13.3. The molecule has 1 atom stereocenters. The fraction of sp³-hybridized carbons (Fsp3) is 0.917. The van der Waals surface area contributed by atoms with Gasteiger partial charge in [0, 0.05) is 6.61 Å². The molecule has 0 fully saturated rings. The van der Waals surface area contributed by atoms with E-state index in [9.17, 15) is 9.36 Å². The van der Waals surface area contributed by atoms with E-state index in [-0.39, 0.29) is 12.1 Å². The molecule has 0 aliphatic rings. The largest absolute Gasteiger partial charge is 0.462 e. The fourth-order valence-corrected chi connectivity index (χ4v) is 1.88. The van der Waals surface area contributed by atoms with Crippen molar-refractivity contribution in [3.63, 3.8) is 0 Å². The van der Waals surface area contributed by atoms with Gasteiger partial charge in [-0.15, -0.1) is 0 Å². The van der Waals surface area contributed by atoms with E-state index in [1.807, 2.05) is 13.8 Å². The van der Waals surface area contributed by atoms with Crippen molar-refractivity contribution in [1.82, 2.24) is 0 Å². The third-order valence-corrected chi connectivity index (χ3v) is 3.11. The molecule has 0 aliphatic carbocycles. The highest BCUT2D eigenvalue weighted by molar-refractivity contribution is 7.45. The minimum atomic E-state index is -1.53. The molecule has 100 valence electrons. The summed E-state index contributed by atoms with van der Waals surface area (Å²) in [4.78, 5) is 11.3. The van der Waals surface area contributed by atoms with Gasteiger partial charge in [0.2, 0.25) is 6.16 Å². The maximum atomic E-state index is 11.5. The average Bonchev–Trinajstić information content (AvgIpc) is 2.21. The molecule has 0 saturated heterocycles. The van der Waals surface area contributed by atoms with Crippen LogP contribution in [0.5, 0.6) is 0 Å². The molecule has 4 nitrogen and oxygen atoms in total. The first-order valence-electron chi connectivity index (χ1n) is 6.07. The molecule has 0 aromatic heterocycles. The third kappa shape index (κ3) is 11.8. The van der Waals surface area contributed by atoms with E-state index in [1.165, 1.54) is 0 Å². The summed E-state index contributed by atoms with van der Waals surface area (Å²) in [5, 5.41) is 0. The van der Waals surface area contributed by atoms with Gasteiger partial charge in [0.1, 0.15) is 0 Å². The summed E-state index contributed by atoms with van der Waals surface area (Å²) in [7, 11) is -1.53. The van der Waals surface area contributed by atoms with Crippen molar-refractivity contribution in [3.8, 4) is 0 Å². The van der Waals surface area contributed by atoms with Crippen LogP contribution < -0.4 is 0 Å². The highest BCUT2D eigenvalue weighted by Gasteiger charge is 2.21. The van der Waals surface area contributed by atoms with Crippen LogP contribution in [0.4, 0.5) is 0 Å². The second-order valence-electron chi connectivity index (χ2n) is 4.91. The molecule has 0 rings (SSSR count). The van der Waals surface area contributed by atoms with E-state index in [4.69, 9.17) is 9.47 Å². The number of carbonyl (C=O) groups excluding carboxylic acids is 1. The summed E-state index contributed by atoms with van der Waals surface area (Å²) in [6.07, 6.45) is 0.436. The lowest BCUT2D eigenvalue weighted by molar-refractivity contribution is -0.141. The smallest absolute Gasteiger partial charge is 0.354 e. The van der Waals surface area contributed by atoms with E-state index in [1.54, 1.807) is 0 Å². The Kier molecular flexibility index (Phi) is 9.28. The molecule has 0 heterocycles. The molecule has 0 aromatic rings. The molecule has 0 amide bonds. The molecule has 0 spiro atoms. The van der Waals surface area contributed by atoms with E-state index < -0.39 is 7.80 Å². The standard InChI is InChI=1S/C12H24O4P/c1-10(2)7-15-5-6-17(14)9-12(13)16-8-11(3)4/h10-11H,5-9H2,1-4H3/q+1. The van der Waals surface area contributed by atoms with Crippen molar-refractivity contribution in [3.05, 3.63) is 0 Å². The van der Waals surface area contributed by atoms with E-state index in [0.717, 1.165) is 0 Å². The minimum absolute atomic E-state index is 0.00704. The molecular formula is C12H24O4P+. The summed E-state index contributed by atoms with van der Waals surface area (Å²) in [6, 6.07) is 0. The first-order chi connectivity index (χ1) is 7.91. The van der Waals surface area contributed by atoms with Crippen LogP contribution in [0.1, 0.15) is 27.7 Å². The Bertz CT molecular complexity index is 239. The Morgan fingerprint density at radius 3 is 2.24 bits per heavy atom. The molecule has 0 bridgehead atoms. The SMILES string of the molecule is CC(C)COCC[P+](=O)CC(=O)OCC(C)C. The van der Waals surface area contributed by atoms with Gasteiger partial charge in [-0.3, -0.25) is 0 Å². The molecule has 0 radical (unpaired) electrons. The monoisotopic (exact) mass is 263 g/mol. The van der Waals surface area contributed by atoms with Crippen LogP contribution in [0.25, 0.3) is 0 Å². The van der Waals surface area contributed by atoms with Gasteiger partial charge in [0.05, 0.1) is 13.2 Å². The Hall–Kier alpha value is -0.470. The molecule has 0 saturated carbocycles. The Morgan fingerprint density at radius 1 is 1.12 bits per heavy atom. The molecule has 1 unspecified atom stereocenters. The quantitative estimate of drug-likeness (QED) is 0.364. The van der Waals surface area contributed by atoms with Gasteiger partial charge >= 0.3 is 13.8 Å². The Morgan fingerprint density at radius 2 is 1.71 bits per heavy atom. The van der Waals surface area contributed by atoms with Crippen LogP contribution in [-0.4, -0.2) is 38.1 Å². The van der Waals surface area contributed by atoms with Crippen LogP contribution in [0, 0.1) is 11.8 Å². The number of esters is 1. The topological polar surface area (TPSA) is 52.6 Å². The number of hydrogen-bond donors (Lipinski definition) is 0. The van der Waals surface area contributed by atoms with Crippen molar-refractivity contribution in [1.29, 1.82) is 0 Å². The average molecular weight is 263 g/mol. The normalized spacial score (nSPS) is 12.0. The lowest BCUT2D eigenvalue weighted by Crippen LogP contribution is -2.13. The lowest BCUT2D eigenvalue weighted by atomic mass is 10.2. The van der Waals surface area contributed by atoms with Gasteiger partial charge < -0.3 is 9.47 Å². The van der Waals surface area contributed by atoms with Crippen LogP contribution in [-0.2, 0) is 18.8 Å². The number of ether oxygens (including phenoxy) is 2. The Labute approximate surface area is 105 Å². The lowest BCUT2D eigenvalue weighted by Gasteiger charge is -2.04. The fourth-order valence-electron chi connectivity index (χ4n) is 1.01. The second kappa shape index (κ2) is 9.55. The van der Waals surface area contributed by atoms with Crippen LogP contribution in [0.2, 0.25) is 0 Å². The van der Waals surface area contributed by atoms with Crippen molar-refractivity contribution in [2.45, 2.75) is 27.7 Å². The highest BCUT2D eigenvalue weighted by atomic mass is 31.1. The van der Waals surface area contributed by atoms with Gasteiger partial charge in [0.15, 0.2) is 6.16 Å². The van der Waals surface area contributed by atoms with Crippen LogP contribution >= 0.6 is 7.80 Å². The number of rotatable bonds is 9. The van der Waals surface area contributed by atoms with E-state index in [2.05, 4.69) is 13.8 Å². The van der Waals surface area contributed by atoms with Crippen LogP contribution in [0.3, 0.4) is 0 Å². The van der Waals surface area contributed by atoms with Gasteiger partial charge in [-0.2, -0.15) is 0 Å². The maximum Gasteiger partial charge on any atom is 0.354 e. The van der Waals surface area contributed by atoms with Gasteiger partial charge in [-0.1, -0.05) is 32.3 Å². The number of carbonyl (C=O) groups is 1. The molecule has 0 N–H and O–H groups in total. The summed E-state index contributed by atoms with van der Waals surface area (Å²) in [5.41, 5.74) is 0. The molecular weight excluding hydrogens is 239 g/mol. The summed E-state index contributed by atoms with van der Waals surface area (Å²) >= 11 is 0. The van der Waals surface area contributed by atoms with Crippen molar-refractivity contribution in [2.75, 3.05) is 32.1 Å². The molecule has 5 heteroatoms. The zero-order valence-corrected chi connectivity index (χ0v) is 12.2.